The van der Waals surface area contributed by atoms with E-state index in [1.54, 1.807) is 31.3 Å². The molecule has 0 saturated heterocycles. The summed E-state index contributed by atoms with van der Waals surface area (Å²) in [6.45, 7) is 0.0253. The van der Waals surface area contributed by atoms with Crippen molar-refractivity contribution in [1.82, 2.24) is 0 Å². The van der Waals surface area contributed by atoms with Crippen LogP contribution in [0.25, 0.3) is 0 Å². The lowest BCUT2D eigenvalue weighted by molar-refractivity contribution is 0.0997. The van der Waals surface area contributed by atoms with Crippen LogP contribution >= 0.6 is 11.3 Å². The number of amides is 1. The fourth-order valence-electron chi connectivity index (χ4n) is 1.67. The Kier molecular flexibility index (Phi) is 5.09. The molecule has 1 aromatic heterocycles. The van der Waals surface area contributed by atoms with Crippen molar-refractivity contribution >= 4 is 22.9 Å². The number of halogens is 1. The highest BCUT2D eigenvalue weighted by Crippen LogP contribution is 2.21. The van der Waals surface area contributed by atoms with E-state index < -0.39 is 0 Å². The van der Waals surface area contributed by atoms with E-state index in [0.717, 1.165) is 4.88 Å². The lowest BCUT2D eigenvalue weighted by Crippen LogP contribution is -2.25. The molecule has 5 heteroatoms. The van der Waals surface area contributed by atoms with Gasteiger partial charge in [0.1, 0.15) is 5.82 Å². The molecule has 2 rings (SSSR count). The Balaban J connectivity index is 2.13. The average Bonchev–Trinajstić information content (AvgIpc) is 2.96. The first-order valence-corrected chi connectivity index (χ1v) is 7.16. The highest BCUT2D eigenvalue weighted by Gasteiger charge is 2.15. The molecule has 0 aliphatic heterocycles. The zero-order valence-corrected chi connectivity index (χ0v) is 12.3. The summed E-state index contributed by atoms with van der Waals surface area (Å²) in [5.74, 6) is 5.21. The molecule has 0 aliphatic carbocycles. The summed E-state index contributed by atoms with van der Waals surface area (Å²) in [5, 5.41) is 8.67. The molecular weight excluding hydrogens is 289 g/mol. The van der Waals surface area contributed by atoms with Gasteiger partial charge in [0.2, 0.25) is 0 Å². The van der Waals surface area contributed by atoms with Crippen LogP contribution in [-0.4, -0.2) is 24.7 Å². The molecule has 1 amide bonds. The molecule has 0 saturated carbocycles. The zero-order chi connectivity index (χ0) is 15.2. The molecule has 0 radical (unpaired) electrons. The molecule has 0 bridgehead atoms. The number of rotatable bonds is 3. The SMILES string of the molecule is CN(C(=O)c1ccc(C#CCCO)s1)c1ccc(F)cc1. The number of aliphatic hydroxyl groups is 1. The highest BCUT2D eigenvalue weighted by atomic mass is 32.1. The molecule has 0 fully saturated rings. The first-order chi connectivity index (χ1) is 10.1. The lowest BCUT2D eigenvalue weighted by atomic mass is 10.3. The van der Waals surface area contributed by atoms with Gasteiger partial charge in [-0.2, -0.15) is 0 Å². The van der Waals surface area contributed by atoms with Crippen molar-refractivity contribution in [3.63, 3.8) is 0 Å². The van der Waals surface area contributed by atoms with Crippen molar-refractivity contribution < 1.29 is 14.3 Å². The molecule has 0 aliphatic rings. The van der Waals surface area contributed by atoms with Crippen LogP contribution in [0.2, 0.25) is 0 Å². The quantitative estimate of drug-likeness (QED) is 0.886. The topological polar surface area (TPSA) is 40.5 Å². The Labute approximate surface area is 126 Å². The number of nitrogens with zero attached hydrogens (tertiary/aromatic N) is 1. The number of carbonyl (C=O) groups is 1. The fraction of sp³-hybridized carbons (Fsp3) is 0.188. The van der Waals surface area contributed by atoms with Gasteiger partial charge >= 0.3 is 0 Å². The molecule has 0 spiro atoms. The molecule has 0 unspecified atom stereocenters. The number of anilines is 1. The van der Waals surface area contributed by atoms with Crippen molar-refractivity contribution in [3.8, 4) is 11.8 Å². The predicted molar refractivity (Wildman–Crippen MR) is 82.0 cm³/mol. The molecule has 2 aromatic rings. The Morgan fingerprint density at radius 3 is 2.67 bits per heavy atom. The Bertz CT molecular complexity index is 682. The van der Waals surface area contributed by atoms with Gasteiger partial charge in [0.25, 0.3) is 5.91 Å². The first-order valence-electron chi connectivity index (χ1n) is 6.35. The number of carbonyl (C=O) groups excluding carboxylic acids is 1. The van der Waals surface area contributed by atoms with Crippen LogP contribution in [0.1, 0.15) is 21.0 Å². The Hall–Kier alpha value is -2.16. The zero-order valence-electron chi connectivity index (χ0n) is 11.5. The third-order valence-electron chi connectivity index (χ3n) is 2.78. The van der Waals surface area contributed by atoms with E-state index in [1.165, 1.54) is 28.4 Å². The molecular formula is C16H14FNO2S. The van der Waals surface area contributed by atoms with E-state index >= 15 is 0 Å². The molecule has 1 aromatic carbocycles. The minimum absolute atomic E-state index is 0.0253. The van der Waals surface area contributed by atoms with Crippen LogP contribution in [0.15, 0.2) is 36.4 Å². The van der Waals surface area contributed by atoms with Crippen LogP contribution < -0.4 is 4.90 Å². The number of hydrogen-bond acceptors (Lipinski definition) is 3. The third kappa shape index (κ3) is 3.91. The van der Waals surface area contributed by atoms with Crippen LogP contribution in [0, 0.1) is 17.7 Å². The van der Waals surface area contributed by atoms with Crippen molar-refractivity contribution in [2.24, 2.45) is 0 Å². The summed E-state index contributed by atoms with van der Waals surface area (Å²) in [7, 11) is 1.65. The van der Waals surface area contributed by atoms with Gasteiger partial charge in [0.15, 0.2) is 0 Å². The maximum atomic E-state index is 12.9. The molecule has 21 heavy (non-hydrogen) atoms. The maximum absolute atomic E-state index is 12.9. The van der Waals surface area contributed by atoms with Crippen LogP contribution in [0.4, 0.5) is 10.1 Å². The van der Waals surface area contributed by atoms with Gasteiger partial charge in [-0.25, -0.2) is 4.39 Å². The van der Waals surface area contributed by atoms with E-state index in [0.29, 0.717) is 17.0 Å². The Morgan fingerprint density at radius 1 is 1.29 bits per heavy atom. The second kappa shape index (κ2) is 7.02. The van der Waals surface area contributed by atoms with Gasteiger partial charge in [-0.1, -0.05) is 11.8 Å². The van der Waals surface area contributed by atoms with Gasteiger partial charge in [0, 0.05) is 19.2 Å². The van der Waals surface area contributed by atoms with Gasteiger partial charge < -0.3 is 10.0 Å². The normalized spacial score (nSPS) is 9.86. The van der Waals surface area contributed by atoms with E-state index in [-0.39, 0.29) is 18.3 Å². The molecule has 1 heterocycles. The maximum Gasteiger partial charge on any atom is 0.268 e. The molecule has 1 N–H and O–H groups in total. The van der Waals surface area contributed by atoms with Crippen molar-refractivity contribution in [2.45, 2.75) is 6.42 Å². The number of benzene rings is 1. The number of hydrogen-bond donors (Lipinski definition) is 1. The highest BCUT2D eigenvalue weighted by molar-refractivity contribution is 7.14. The molecule has 3 nitrogen and oxygen atoms in total. The smallest absolute Gasteiger partial charge is 0.268 e. The van der Waals surface area contributed by atoms with Gasteiger partial charge in [-0.3, -0.25) is 4.79 Å². The Morgan fingerprint density at radius 2 is 2.00 bits per heavy atom. The number of aliphatic hydroxyl groups excluding tert-OH is 1. The fourth-order valence-corrected chi connectivity index (χ4v) is 2.53. The van der Waals surface area contributed by atoms with Crippen LogP contribution in [-0.2, 0) is 0 Å². The monoisotopic (exact) mass is 303 g/mol. The summed E-state index contributed by atoms with van der Waals surface area (Å²) in [6, 6.07) is 9.25. The second-order valence-electron chi connectivity index (χ2n) is 4.28. The molecule has 0 atom stereocenters. The summed E-state index contributed by atoms with van der Waals surface area (Å²) in [5.41, 5.74) is 0.628. The summed E-state index contributed by atoms with van der Waals surface area (Å²) < 4.78 is 12.9. The van der Waals surface area contributed by atoms with E-state index in [4.69, 9.17) is 5.11 Å². The van der Waals surface area contributed by atoms with Crippen molar-refractivity contribution in [2.75, 3.05) is 18.6 Å². The third-order valence-corrected chi connectivity index (χ3v) is 3.77. The standard InChI is InChI=1S/C16H14FNO2S/c1-18(13-7-5-12(17)6-8-13)16(20)15-10-9-14(21-15)4-2-3-11-19/h5-10,19H,3,11H2,1H3. The van der Waals surface area contributed by atoms with Gasteiger partial charge in [-0.15, -0.1) is 11.3 Å². The van der Waals surface area contributed by atoms with Crippen molar-refractivity contribution in [3.05, 3.63) is 52.0 Å². The van der Waals surface area contributed by atoms with Gasteiger partial charge in [-0.05, 0) is 36.4 Å². The lowest BCUT2D eigenvalue weighted by Gasteiger charge is -2.16. The average molecular weight is 303 g/mol. The van der Waals surface area contributed by atoms with E-state index in [1.807, 2.05) is 0 Å². The second-order valence-corrected chi connectivity index (χ2v) is 5.36. The minimum atomic E-state index is -0.336. The molecule has 108 valence electrons. The summed E-state index contributed by atoms with van der Waals surface area (Å²) in [6.07, 6.45) is 0.413. The van der Waals surface area contributed by atoms with Crippen LogP contribution in [0.5, 0.6) is 0 Å². The van der Waals surface area contributed by atoms with Crippen molar-refractivity contribution in [1.29, 1.82) is 0 Å². The van der Waals surface area contributed by atoms with E-state index in [2.05, 4.69) is 11.8 Å². The van der Waals surface area contributed by atoms with Gasteiger partial charge in [0.05, 0.1) is 16.4 Å². The summed E-state index contributed by atoms with van der Waals surface area (Å²) >= 11 is 1.30. The van der Waals surface area contributed by atoms with Crippen LogP contribution in [0.3, 0.4) is 0 Å². The number of thiophene rings is 1. The minimum Gasteiger partial charge on any atom is -0.395 e. The first kappa shape index (κ1) is 15.2. The predicted octanol–water partition coefficient (Wildman–Crippen LogP) is 2.90. The summed E-state index contributed by atoms with van der Waals surface area (Å²) in [4.78, 5) is 15.1. The largest absolute Gasteiger partial charge is 0.395 e. The van der Waals surface area contributed by atoms with E-state index in [9.17, 15) is 9.18 Å².